The number of carbonyl (C=O) groups is 3. The molecule has 1 heterocycles. The van der Waals surface area contributed by atoms with Gasteiger partial charge in [-0.1, -0.05) is 212 Å². The van der Waals surface area contributed by atoms with Gasteiger partial charge in [0.2, 0.25) is 0 Å². The van der Waals surface area contributed by atoms with Crippen molar-refractivity contribution in [3.8, 4) is 17.2 Å². The summed E-state index contributed by atoms with van der Waals surface area (Å²) in [7, 11) is -9.61. The van der Waals surface area contributed by atoms with E-state index in [1.165, 1.54) is 154 Å². The van der Waals surface area contributed by atoms with Crippen LogP contribution in [0.2, 0.25) is 0 Å². The van der Waals surface area contributed by atoms with Crippen LogP contribution in [0.3, 0.4) is 0 Å². The molecular weight excluding hydrogens is 1410 g/mol. The van der Waals surface area contributed by atoms with E-state index in [2.05, 4.69) is 42.8 Å². The minimum absolute atomic E-state index is 0. The van der Waals surface area contributed by atoms with Crippen LogP contribution in [-0.2, 0) is 51.0 Å². The number of amides is 3. The van der Waals surface area contributed by atoms with Gasteiger partial charge in [0.15, 0.2) is 0 Å². The number of nitrogens with one attached hydrogen (secondary N) is 3. The number of hydrogen-bond donors (Lipinski definition) is 3. The van der Waals surface area contributed by atoms with Crippen LogP contribution in [0.1, 0.15) is 310 Å². The zero-order valence-corrected chi connectivity index (χ0v) is 73.3. The molecule has 3 atom stereocenters. The van der Waals surface area contributed by atoms with Crippen molar-refractivity contribution in [3.63, 3.8) is 0 Å². The summed E-state index contributed by atoms with van der Waals surface area (Å²) in [6.07, 6.45) is 38.4. The van der Waals surface area contributed by atoms with Gasteiger partial charge in [-0.3, -0.25) is 0 Å². The largest absolute Gasteiger partial charge is 1.00 e. The summed E-state index contributed by atoms with van der Waals surface area (Å²) in [5, 5.41) is 7.66. The number of rotatable bonds is 53. The van der Waals surface area contributed by atoms with Crippen molar-refractivity contribution in [1.82, 2.24) is 16.0 Å². The molecule has 3 aromatic carbocycles. The first-order chi connectivity index (χ1) is 47.9. The molecule has 3 unspecified atom stereocenters. The van der Waals surface area contributed by atoms with Gasteiger partial charge < -0.3 is 58.0 Å². The molecule has 0 aliphatic carbocycles. The number of fused-ring (bicyclic) bond motifs is 1. The molecule has 574 valence electrons. The molecule has 1 aliphatic heterocycles. The molecule has 3 N–H and O–H groups in total. The molecule has 0 saturated carbocycles. The van der Waals surface area contributed by atoms with Gasteiger partial charge in [0, 0.05) is 36.9 Å². The quantitative estimate of drug-likeness (QED) is 0.0205. The monoisotopic (exact) mass is 1530 g/mol. The van der Waals surface area contributed by atoms with E-state index >= 15 is 0 Å². The van der Waals surface area contributed by atoms with E-state index in [0.717, 1.165) is 115 Å². The third-order valence-electron chi connectivity index (χ3n) is 17.6. The van der Waals surface area contributed by atoms with E-state index in [0.29, 0.717) is 12.8 Å². The summed E-state index contributed by atoms with van der Waals surface area (Å²) in [5.41, 5.74) is 5.88. The topological polar surface area (TPSA) is 314 Å². The molecule has 103 heavy (non-hydrogen) atoms. The maximum absolute atomic E-state index is 12.3. The predicted octanol–water partition coefficient (Wildman–Crippen LogP) is 9.07. The van der Waals surface area contributed by atoms with Crippen molar-refractivity contribution < 1.29 is 170 Å². The molecule has 0 radical (unpaired) electrons. The summed E-state index contributed by atoms with van der Waals surface area (Å²) in [4.78, 5) is 36.9. The first-order valence-corrected chi connectivity index (χ1v) is 42.3. The summed E-state index contributed by atoms with van der Waals surface area (Å²) < 4.78 is 130. The fourth-order valence-electron chi connectivity index (χ4n) is 12.0. The Morgan fingerprint density at radius 2 is 0.777 bits per heavy atom. The number of benzene rings is 3. The predicted molar refractivity (Wildman–Crippen MR) is 394 cm³/mol. The van der Waals surface area contributed by atoms with E-state index < -0.39 is 78.1 Å². The van der Waals surface area contributed by atoms with E-state index in [-0.39, 0.29) is 134 Å². The Kier molecular flexibility index (Phi) is 63.2. The Hall–Kier alpha value is -2.40. The van der Waals surface area contributed by atoms with Crippen LogP contribution in [-0.4, -0.2) is 115 Å². The Bertz CT molecular complexity index is 3040. The number of unbranched alkanes of at least 4 members (excludes halogenated alkanes) is 27. The van der Waals surface area contributed by atoms with Crippen molar-refractivity contribution >= 4 is 48.6 Å². The molecule has 0 saturated heterocycles. The number of alkyl carbamates (subject to hydrolysis) is 3. The number of ether oxygens (including phenoxy) is 6. The second kappa shape index (κ2) is 63.4. The van der Waals surface area contributed by atoms with Crippen molar-refractivity contribution in [1.29, 1.82) is 0 Å². The van der Waals surface area contributed by atoms with Crippen LogP contribution in [0.25, 0.3) is 0 Å². The molecule has 3 amide bonds. The van der Waals surface area contributed by atoms with Crippen LogP contribution in [0, 0.1) is 13.8 Å². The van der Waals surface area contributed by atoms with Crippen LogP contribution in [0.4, 0.5) is 14.4 Å². The van der Waals surface area contributed by atoms with E-state index in [1.807, 2.05) is 62.4 Å². The van der Waals surface area contributed by atoms with Gasteiger partial charge >= 0.3 is 107 Å². The zero-order valence-electron chi connectivity index (χ0n) is 64.8. The van der Waals surface area contributed by atoms with Crippen LogP contribution in [0.15, 0.2) is 54.6 Å². The van der Waals surface area contributed by atoms with Gasteiger partial charge in [-0.25, -0.2) is 39.6 Å². The van der Waals surface area contributed by atoms with Gasteiger partial charge in [0.05, 0.1) is 51.2 Å². The van der Waals surface area contributed by atoms with Crippen molar-refractivity contribution in [2.45, 2.75) is 297 Å². The van der Waals surface area contributed by atoms with E-state index in [9.17, 15) is 53.3 Å². The van der Waals surface area contributed by atoms with E-state index in [4.69, 9.17) is 28.4 Å². The molecule has 0 bridgehead atoms. The summed E-state index contributed by atoms with van der Waals surface area (Å²) in [6, 6.07) is 17.4. The molecular formula is C76H126N3Na3O18S3. The fourth-order valence-corrected chi connectivity index (χ4v) is 13.5. The molecule has 0 spiro atoms. The Labute approximate surface area is 688 Å². The maximum Gasteiger partial charge on any atom is 1.00 e. The Balaban J connectivity index is 0. The van der Waals surface area contributed by atoms with Gasteiger partial charge in [-0.15, -0.1) is 0 Å². The number of aryl methyl sites for hydroxylation is 3. The third kappa shape index (κ3) is 54.8. The average molecular weight is 1540 g/mol. The van der Waals surface area contributed by atoms with Gasteiger partial charge in [0.1, 0.15) is 35.6 Å². The van der Waals surface area contributed by atoms with Crippen LogP contribution >= 0.6 is 0 Å². The summed E-state index contributed by atoms with van der Waals surface area (Å²) in [6.45, 7) is 11.6. The normalized spacial score (nSPS) is 12.6. The Morgan fingerprint density at radius 1 is 0.427 bits per heavy atom. The average Bonchev–Trinajstić information content (AvgIpc) is 0.848. The minimum atomic E-state index is -4.28. The zero-order chi connectivity index (χ0) is 73.7. The number of hydrogen-bond acceptors (Lipinski definition) is 18. The van der Waals surface area contributed by atoms with Gasteiger partial charge in [-0.05, 0) is 154 Å². The molecule has 27 heteroatoms. The van der Waals surface area contributed by atoms with Crippen molar-refractivity contribution in [2.75, 3.05) is 57.7 Å². The smallest absolute Gasteiger partial charge is 0.748 e. The summed E-state index contributed by atoms with van der Waals surface area (Å²) in [5.74, 6) is 0.910. The number of carbonyl (C=O) groups excluding carboxylic acids is 3. The van der Waals surface area contributed by atoms with Crippen molar-refractivity contribution in [3.05, 3.63) is 88.0 Å². The molecule has 4 rings (SSSR count). The first-order valence-electron chi connectivity index (χ1n) is 37.6. The summed E-state index contributed by atoms with van der Waals surface area (Å²) >= 11 is 0. The molecule has 0 fully saturated rings. The minimum Gasteiger partial charge on any atom is -0.748 e. The van der Waals surface area contributed by atoms with Gasteiger partial charge in [-0.2, -0.15) is 0 Å². The van der Waals surface area contributed by atoms with Gasteiger partial charge in [0.25, 0.3) is 0 Å². The molecule has 3 aromatic rings. The second-order valence-electron chi connectivity index (χ2n) is 26.5. The third-order valence-corrected chi connectivity index (χ3v) is 20.0. The van der Waals surface area contributed by atoms with E-state index in [1.54, 1.807) is 14.2 Å². The van der Waals surface area contributed by atoms with Crippen LogP contribution < -0.4 is 119 Å². The standard InChI is InChI=1S/C26H43NO6S.2C25H43NO6S.3Na/c1-2-3-4-5-6-7-8-9-10-11-15-25(33-26(28)27-18-13-20-34(29,30)31)23-16-17-24-22(21-23)14-12-19-32-24;1-4-5-6-7-8-9-10-11-12-13-15-24(23-17-16-22(31-3)20-21(23)2)32-25(27)26-18-14-19-33(28,29)30;1-4-5-6-7-8-9-10-11-12-13-15-24(22-16-17-23(31-3)21(2)20-22)32-25(27)26-18-14-19-33(28,29)30;;;/h16-17,21,25H,2-15,18-20H2,1H3,(H,27,28)(H,29,30,31);2*16-17,20,24H,4-15,18-19H2,1-3H3,(H,26,27)(H,28,29,30);;;/q;;;3*+1/p-3. The number of methoxy groups -OCH3 is 2. The SMILES string of the molecule is CCCCCCCCCCCCC(OC(=O)NCCCS(=O)(=O)[O-])c1ccc(OC)c(C)c1.CCCCCCCCCCCCC(OC(=O)NCCCS(=O)(=O)[O-])c1ccc(OC)cc1C.CCCCCCCCCCCCC(OC(=O)NCCCS(=O)(=O)[O-])c1ccc2c(c1)CCCO2.[Na+].[Na+].[Na+]. The Morgan fingerprint density at radius 3 is 1.13 bits per heavy atom. The fraction of sp³-hybridized carbons (Fsp3) is 0.724. The van der Waals surface area contributed by atoms with Crippen molar-refractivity contribution in [2.24, 2.45) is 0 Å². The second-order valence-corrected chi connectivity index (χ2v) is 31.1. The maximum atomic E-state index is 12.3. The molecule has 21 nitrogen and oxygen atoms in total. The first kappa shape index (κ1) is 103. The molecule has 1 aliphatic rings. The molecule has 0 aromatic heterocycles. The van der Waals surface area contributed by atoms with Crippen LogP contribution in [0.5, 0.6) is 17.2 Å².